The van der Waals surface area contributed by atoms with E-state index in [9.17, 15) is 13.2 Å². The second-order valence-electron chi connectivity index (χ2n) is 4.89. The van der Waals surface area contributed by atoms with Crippen LogP contribution in [0.1, 0.15) is 23.5 Å². The maximum atomic E-state index is 12.5. The number of halogens is 3. The van der Waals surface area contributed by atoms with Crippen LogP contribution in [0.2, 0.25) is 0 Å². The zero-order valence-electron chi connectivity index (χ0n) is 12.2. The number of nitrogens with zero attached hydrogens (tertiary/aromatic N) is 2. The van der Waals surface area contributed by atoms with Crippen LogP contribution in [0.25, 0.3) is 0 Å². The zero-order valence-corrected chi connectivity index (χ0v) is 13.9. The average Bonchev–Trinajstić information content (AvgIpc) is 3.13. The Kier molecular flexibility index (Phi) is 6.37. The second-order valence-corrected chi connectivity index (χ2v) is 7.24. The molecule has 124 valence electrons. The van der Waals surface area contributed by atoms with Crippen molar-refractivity contribution in [2.75, 3.05) is 25.9 Å². The van der Waals surface area contributed by atoms with E-state index >= 15 is 0 Å². The van der Waals surface area contributed by atoms with E-state index in [2.05, 4.69) is 20.6 Å². The highest BCUT2D eigenvalue weighted by molar-refractivity contribution is 8.00. The molecular formula is C13H19F3N4S2. The summed E-state index contributed by atoms with van der Waals surface area (Å²) in [4.78, 5) is 7.72. The van der Waals surface area contributed by atoms with Gasteiger partial charge in [-0.25, -0.2) is 4.98 Å². The standard InChI is InChI=1S/C13H19F3N4S2/c1-17-12(19-7-9-3-2-6-21-9)18-5-4-11-20-10(8-22-11)13(14,15)16/h8-9H,2-7H2,1H3,(H2,17,18,19). The summed E-state index contributed by atoms with van der Waals surface area (Å²) in [6, 6.07) is 0. The summed E-state index contributed by atoms with van der Waals surface area (Å²) >= 11 is 3.00. The number of alkyl halides is 3. The summed E-state index contributed by atoms with van der Waals surface area (Å²) in [5, 5.41) is 8.50. The van der Waals surface area contributed by atoms with Gasteiger partial charge in [-0.2, -0.15) is 24.9 Å². The number of thioether (sulfide) groups is 1. The first-order chi connectivity index (χ1) is 10.5. The SMILES string of the molecule is CN=C(NCCc1nc(C(F)(F)F)cs1)NCC1CCCS1. The van der Waals surface area contributed by atoms with E-state index in [-0.39, 0.29) is 0 Å². The monoisotopic (exact) mass is 352 g/mol. The highest BCUT2D eigenvalue weighted by Crippen LogP contribution is 2.30. The molecule has 0 spiro atoms. The number of hydrogen-bond donors (Lipinski definition) is 2. The lowest BCUT2D eigenvalue weighted by Crippen LogP contribution is -2.40. The number of nitrogens with one attached hydrogen (secondary N) is 2. The van der Waals surface area contributed by atoms with Crippen molar-refractivity contribution in [3.63, 3.8) is 0 Å². The Labute approximate surface area is 136 Å². The van der Waals surface area contributed by atoms with Crippen molar-refractivity contribution in [1.82, 2.24) is 15.6 Å². The molecule has 2 heterocycles. The molecule has 0 radical (unpaired) electrons. The van der Waals surface area contributed by atoms with Crippen molar-refractivity contribution in [2.24, 2.45) is 4.99 Å². The van der Waals surface area contributed by atoms with Gasteiger partial charge in [-0.3, -0.25) is 4.99 Å². The minimum absolute atomic E-state index is 0.444. The first-order valence-electron chi connectivity index (χ1n) is 7.07. The average molecular weight is 352 g/mol. The number of guanidine groups is 1. The molecule has 0 aliphatic carbocycles. The highest BCUT2D eigenvalue weighted by Gasteiger charge is 2.33. The van der Waals surface area contributed by atoms with Gasteiger partial charge in [-0.1, -0.05) is 0 Å². The molecule has 1 aliphatic rings. The van der Waals surface area contributed by atoms with E-state index in [1.807, 2.05) is 11.8 Å². The van der Waals surface area contributed by atoms with Gasteiger partial charge >= 0.3 is 6.18 Å². The largest absolute Gasteiger partial charge is 0.434 e. The van der Waals surface area contributed by atoms with E-state index in [1.165, 1.54) is 18.6 Å². The van der Waals surface area contributed by atoms with Crippen LogP contribution in [-0.4, -0.2) is 42.1 Å². The van der Waals surface area contributed by atoms with E-state index in [0.29, 0.717) is 29.2 Å². The van der Waals surface area contributed by atoms with Crippen molar-refractivity contribution in [3.8, 4) is 0 Å². The van der Waals surface area contributed by atoms with Crippen molar-refractivity contribution in [3.05, 3.63) is 16.1 Å². The summed E-state index contributed by atoms with van der Waals surface area (Å²) in [7, 11) is 1.68. The van der Waals surface area contributed by atoms with E-state index < -0.39 is 11.9 Å². The van der Waals surface area contributed by atoms with Crippen LogP contribution >= 0.6 is 23.1 Å². The quantitative estimate of drug-likeness (QED) is 0.632. The van der Waals surface area contributed by atoms with Crippen molar-refractivity contribution in [1.29, 1.82) is 0 Å². The lowest BCUT2D eigenvalue weighted by Gasteiger charge is -2.14. The lowest BCUT2D eigenvalue weighted by molar-refractivity contribution is -0.140. The first kappa shape index (κ1) is 17.4. The van der Waals surface area contributed by atoms with Gasteiger partial charge in [0, 0.05) is 37.2 Å². The van der Waals surface area contributed by atoms with Gasteiger partial charge in [0.1, 0.15) is 0 Å². The predicted molar refractivity (Wildman–Crippen MR) is 85.7 cm³/mol. The summed E-state index contributed by atoms with van der Waals surface area (Å²) in [6.07, 6.45) is -1.44. The molecule has 1 aliphatic heterocycles. The summed E-state index contributed by atoms with van der Waals surface area (Å²) in [5.41, 5.74) is -0.812. The van der Waals surface area contributed by atoms with Crippen LogP contribution in [0, 0.1) is 0 Å². The van der Waals surface area contributed by atoms with Gasteiger partial charge in [0.15, 0.2) is 11.7 Å². The molecule has 1 aromatic heterocycles. The Hall–Kier alpha value is -0.960. The van der Waals surface area contributed by atoms with Gasteiger partial charge in [0.2, 0.25) is 0 Å². The Morgan fingerprint density at radius 2 is 2.27 bits per heavy atom. The number of aromatic nitrogens is 1. The fraction of sp³-hybridized carbons (Fsp3) is 0.692. The summed E-state index contributed by atoms with van der Waals surface area (Å²) in [5.74, 6) is 1.89. The number of thiazole rings is 1. The van der Waals surface area contributed by atoms with Gasteiger partial charge in [-0.05, 0) is 18.6 Å². The molecule has 9 heteroatoms. The third kappa shape index (κ3) is 5.35. The van der Waals surface area contributed by atoms with Gasteiger partial charge in [0.25, 0.3) is 0 Å². The molecule has 0 amide bonds. The van der Waals surface area contributed by atoms with Gasteiger partial charge in [-0.15, -0.1) is 11.3 Å². The molecule has 1 unspecified atom stereocenters. The van der Waals surface area contributed by atoms with Crippen molar-refractivity contribution < 1.29 is 13.2 Å². The molecule has 0 bridgehead atoms. The van der Waals surface area contributed by atoms with Crippen molar-refractivity contribution in [2.45, 2.75) is 30.7 Å². The summed E-state index contributed by atoms with van der Waals surface area (Å²) < 4.78 is 37.4. The molecule has 1 aromatic rings. The van der Waals surface area contributed by atoms with Crippen LogP contribution in [0.3, 0.4) is 0 Å². The Balaban J connectivity index is 1.71. The Bertz CT molecular complexity index is 496. The second kappa shape index (κ2) is 8.05. The predicted octanol–water partition coefficient (Wildman–Crippen LogP) is 2.77. The molecule has 1 fully saturated rings. The third-order valence-electron chi connectivity index (χ3n) is 3.22. The molecule has 1 atom stereocenters. The fourth-order valence-electron chi connectivity index (χ4n) is 2.08. The van der Waals surface area contributed by atoms with Crippen LogP contribution in [0.5, 0.6) is 0 Å². The molecule has 2 rings (SSSR count). The molecule has 22 heavy (non-hydrogen) atoms. The van der Waals surface area contributed by atoms with Crippen LogP contribution in [0.4, 0.5) is 13.2 Å². The van der Waals surface area contributed by atoms with Crippen LogP contribution in [-0.2, 0) is 12.6 Å². The minimum Gasteiger partial charge on any atom is -0.356 e. The molecule has 0 aromatic carbocycles. The van der Waals surface area contributed by atoms with Crippen molar-refractivity contribution >= 4 is 29.1 Å². The fourth-order valence-corrected chi connectivity index (χ4v) is 4.09. The molecular weight excluding hydrogens is 333 g/mol. The van der Waals surface area contributed by atoms with Crippen LogP contribution in [0.15, 0.2) is 10.4 Å². The lowest BCUT2D eigenvalue weighted by atomic mass is 10.2. The van der Waals surface area contributed by atoms with E-state index in [4.69, 9.17) is 0 Å². The maximum Gasteiger partial charge on any atom is 0.434 e. The number of hydrogen-bond acceptors (Lipinski definition) is 4. The molecule has 2 N–H and O–H groups in total. The zero-order chi connectivity index (χ0) is 16.0. The van der Waals surface area contributed by atoms with E-state index in [0.717, 1.165) is 23.3 Å². The molecule has 0 saturated carbocycles. The van der Waals surface area contributed by atoms with Crippen LogP contribution < -0.4 is 10.6 Å². The minimum atomic E-state index is -4.36. The first-order valence-corrected chi connectivity index (χ1v) is 8.99. The van der Waals surface area contributed by atoms with Gasteiger partial charge in [0.05, 0.1) is 5.01 Å². The number of aliphatic imine (C=N–C) groups is 1. The molecule has 4 nitrogen and oxygen atoms in total. The Morgan fingerprint density at radius 3 is 2.86 bits per heavy atom. The maximum absolute atomic E-state index is 12.5. The third-order valence-corrected chi connectivity index (χ3v) is 5.53. The smallest absolute Gasteiger partial charge is 0.356 e. The Morgan fingerprint density at radius 1 is 1.45 bits per heavy atom. The topological polar surface area (TPSA) is 49.3 Å². The summed E-state index contributed by atoms with van der Waals surface area (Å²) in [6.45, 7) is 1.36. The normalized spacial score (nSPS) is 19.5. The van der Waals surface area contributed by atoms with Gasteiger partial charge < -0.3 is 10.6 Å². The number of rotatable bonds is 5. The highest BCUT2D eigenvalue weighted by atomic mass is 32.2. The van der Waals surface area contributed by atoms with E-state index in [1.54, 1.807) is 7.05 Å². The molecule has 1 saturated heterocycles.